The fourth-order valence-corrected chi connectivity index (χ4v) is 4.28. The van der Waals surface area contributed by atoms with E-state index in [9.17, 15) is 5.11 Å². The number of phenols is 1. The Hall–Kier alpha value is -2.77. The molecule has 4 heterocycles. The minimum Gasteiger partial charge on any atom is -0.508 e. The first kappa shape index (κ1) is 19.2. The maximum atomic E-state index is 9.94. The molecule has 0 radical (unpaired) electrons. The summed E-state index contributed by atoms with van der Waals surface area (Å²) in [4.78, 5) is 17.0. The molecule has 1 fully saturated rings. The zero-order valence-corrected chi connectivity index (χ0v) is 17.1. The van der Waals surface area contributed by atoms with Crippen molar-refractivity contribution in [3.8, 4) is 17.1 Å². The summed E-state index contributed by atoms with van der Waals surface area (Å²) in [5.41, 5.74) is 4.51. The SMILES string of the molecule is Oc1cccc(-c2nc(C3=CCOCC3)c3ncn(CCN4CCCCC4)c3n2)c1. The van der Waals surface area contributed by atoms with Crippen molar-refractivity contribution in [1.82, 2.24) is 24.4 Å². The summed E-state index contributed by atoms with van der Waals surface area (Å²) in [6.45, 7) is 5.49. The molecule has 1 aromatic carbocycles. The number of benzene rings is 1. The Labute approximate surface area is 176 Å². The maximum absolute atomic E-state index is 9.94. The Bertz CT molecular complexity index is 1070. The lowest BCUT2D eigenvalue weighted by Gasteiger charge is -2.26. The fourth-order valence-electron chi connectivity index (χ4n) is 4.28. The lowest BCUT2D eigenvalue weighted by Crippen LogP contribution is -2.32. The quantitative estimate of drug-likeness (QED) is 0.700. The Morgan fingerprint density at radius 1 is 1.07 bits per heavy atom. The van der Waals surface area contributed by atoms with Crippen LogP contribution in [0.5, 0.6) is 5.75 Å². The summed E-state index contributed by atoms with van der Waals surface area (Å²) in [6.07, 6.45) is 8.70. The lowest BCUT2D eigenvalue weighted by atomic mass is 10.1. The molecule has 30 heavy (non-hydrogen) atoms. The van der Waals surface area contributed by atoms with Gasteiger partial charge in [0.2, 0.25) is 0 Å². The number of rotatable bonds is 5. The van der Waals surface area contributed by atoms with Crippen molar-refractivity contribution >= 4 is 16.7 Å². The highest BCUT2D eigenvalue weighted by molar-refractivity contribution is 5.87. The van der Waals surface area contributed by atoms with E-state index in [1.165, 1.54) is 32.4 Å². The molecule has 1 N–H and O–H groups in total. The molecule has 3 aromatic rings. The van der Waals surface area contributed by atoms with Gasteiger partial charge in [-0.3, -0.25) is 0 Å². The number of hydrogen-bond acceptors (Lipinski definition) is 6. The third-order valence-corrected chi connectivity index (χ3v) is 5.94. The third-order valence-electron chi connectivity index (χ3n) is 5.94. The van der Waals surface area contributed by atoms with E-state index in [1.807, 2.05) is 18.5 Å². The largest absolute Gasteiger partial charge is 0.508 e. The van der Waals surface area contributed by atoms with Crippen LogP contribution in [0.15, 0.2) is 36.7 Å². The molecule has 0 saturated carbocycles. The normalized spacial score (nSPS) is 17.9. The molecule has 156 valence electrons. The number of aromatic hydroxyl groups is 1. The van der Waals surface area contributed by atoms with Gasteiger partial charge in [-0.05, 0) is 50.1 Å². The minimum absolute atomic E-state index is 0.210. The molecular formula is C23H27N5O2. The van der Waals surface area contributed by atoms with Crippen LogP contribution in [0, 0.1) is 0 Å². The highest BCUT2D eigenvalue weighted by Crippen LogP contribution is 2.29. The van der Waals surface area contributed by atoms with Crippen molar-refractivity contribution in [3.05, 3.63) is 42.4 Å². The average Bonchev–Trinajstić information content (AvgIpc) is 3.21. The van der Waals surface area contributed by atoms with Crippen molar-refractivity contribution in [1.29, 1.82) is 0 Å². The highest BCUT2D eigenvalue weighted by atomic mass is 16.5. The van der Waals surface area contributed by atoms with E-state index in [2.05, 4.69) is 15.5 Å². The van der Waals surface area contributed by atoms with Crippen LogP contribution in [0.4, 0.5) is 0 Å². The van der Waals surface area contributed by atoms with Crippen LogP contribution in [-0.2, 0) is 11.3 Å². The number of piperidine rings is 1. The number of phenolic OH excluding ortho intramolecular Hbond substituents is 1. The van der Waals surface area contributed by atoms with E-state index in [0.717, 1.165) is 47.5 Å². The summed E-state index contributed by atoms with van der Waals surface area (Å²) in [7, 11) is 0. The van der Waals surface area contributed by atoms with Crippen molar-refractivity contribution in [2.45, 2.75) is 32.2 Å². The molecule has 0 spiro atoms. The van der Waals surface area contributed by atoms with Crippen LogP contribution >= 0.6 is 0 Å². The van der Waals surface area contributed by atoms with Gasteiger partial charge < -0.3 is 19.3 Å². The summed E-state index contributed by atoms with van der Waals surface area (Å²) >= 11 is 0. The van der Waals surface area contributed by atoms with Gasteiger partial charge in [0, 0.05) is 18.7 Å². The number of imidazole rings is 1. The Balaban J connectivity index is 1.55. The van der Waals surface area contributed by atoms with E-state index in [0.29, 0.717) is 19.0 Å². The predicted octanol–water partition coefficient (Wildman–Crippen LogP) is 3.49. The van der Waals surface area contributed by atoms with Gasteiger partial charge in [-0.25, -0.2) is 15.0 Å². The summed E-state index contributed by atoms with van der Waals surface area (Å²) < 4.78 is 7.63. The molecule has 2 aliphatic rings. The van der Waals surface area contributed by atoms with Crippen molar-refractivity contribution in [3.63, 3.8) is 0 Å². The molecule has 1 saturated heterocycles. The summed E-state index contributed by atoms with van der Waals surface area (Å²) in [5, 5.41) is 9.94. The van der Waals surface area contributed by atoms with E-state index in [4.69, 9.17) is 19.7 Å². The van der Waals surface area contributed by atoms with Gasteiger partial charge in [0.05, 0.1) is 25.2 Å². The summed E-state index contributed by atoms with van der Waals surface area (Å²) in [6, 6.07) is 7.11. The topological polar surface area (TPSA) is 76.3 Å². The molecule has 2 aromatic heterocycles. The van der Waals surface area contributed by atoms with Gasteiger partial charge in [-0.1, -0.05) is 24.6 Å². The molecule has 0 unspecified atom stereocenters. The Kier molecular flexibility index (Phi) is 5.46. The van der Waals surface area contributed by atoms with E-state index >= 15 is 0 Å². The van der Waals surface area contributed by atoms with Crippen LogP contribution in [0.25, 0.3) is 28.1 Å². The number of hydrogen-bond donors (Lipinski definition) is 1. The number of likely N-dealkylation sites (tertiary alicyclic amines) is 1. The van der Waals surface area contributed by atoms with Gasteiger partial charge >= 0.3 is 0 Å². The highest BCUT2D eigenvalue weighted by Gasteiger charge is 2.19. The molecule has 0 aliphatic carbocycles. The molecule has 5 rings (SSSR count). The van der Waals surface area contributed by atoms with Gasteiger partial charge in [-0.15, -0.1) is 0 Å². The van der Waals surface area contributed by atoms with Crippen LogP contribution in [0.1, 0.15) is 31.4 Å². The first-order chi connectivity index (χ1) is 14.8. The second kappa shape index (κ2) is 8.53. The smallest absolute Gasteiger partial charge is 0.164 e. The standard InChI is InChI=1S/C23H27N5O2/c29-19-6-4-5-18(15-19)22-25-20(17-7-13-30-14-8-17)21-23(26-22)28(16-24-21)12-11-27-9-2-1-3-10-27/h4-7,15-16,29H,1-3,8-14H2. The number of ether oxygens (including phenoxy) is 1. The van der Waals surface area contributed by atoms with Crippen LogP contribution < -0.4 is 0 Å². The predicted molar refractivity (Wildman–Crippen MR) is 116 cm³/mol. The van der Waals surface area contributed by atoms with Gasteiger partial charge in [0.1, 0.15) is 11.3 Å². The van der Waals surface area contributed by atoms with Crippen LogP contribution in [0.2, 0.25) is 0 Å². The van der Waals surface area contributed by atoms with Gasteiger partial charge in [-0.2, -0.15) is 0 Å². The second-order valence-corrected chi connectivity index (χ2v) is 8.01. The van der Waals surface area contributed by atoms with Crippen LogP contribution in [-0.4, -0.2) is 62.4 Å². The fraction of sp³-hybridized carbons (Fsp3) is 0.435. The molecule has 0 bridgehead atoms. The molecule has 0 amide bonds. The average molecular weight is 406 g/mol. The van der Waals surface area contributed by atoms with Crippen molar-refractivity contribution in [2.24, 2.45) is 0 Å². The first-order valence-corrected chi connectivity index (χ1v) is 10.8. The number of fused-ring (bicyclic) bond motifs is 1. The second-order valence-electron chi connectivity index (χ2n) is 8.01. The van der Waals surface area contributed by atoms with Crippen molar-refractivity contribution < 1.29 is 9.84 Å². The maximum Gasteiger partial charge on any atom is 0.164 e. The zero-order valence-electron chi connectivity index (χ0n) is 17.1. The monoisotopic (exact) mass is 405 g/mol. The number of aromatic nitrogens is 4. The lowest BCUT2D eigenvalue weighted by molar-refractivity contribution is 0.161. The van der Waals surface area contributed by atoms with Gasteiger partial charge in [0.25, 0.3) is 0 Å². The Morgan fingerprint density at radius 2 is 1.97 bits per heavy atom. The van der Waals surface area contributed by atoms with E-state index in [-0.39, 0.29) is 5.75 Å². The van der Waals surface area contributed by atoms with Crippen molar-refractivity contribution in [2.75, 3.05) is 32.8 Å². The van der Waals surface area contributed by atoms with Gasteiger partial charge in [0.15, 0.2) is 11.5 Å². The summed E-state index contributed by atoms with van der Waals surface area (Å²) in [5.74, 6) is 0.821. The molecule has 2 aliphatic heterocycles. The molecule has 7 heteroatoms. The minimum atomic E-state index is 0.210. The molecule has 7 nitrogen and oxygen atoms in total. The molecule has 0 atom stereocenters. The first-order valence-electron chi connectivity index (χ1n) is 10.8. The van der Waals surface area contributed by atoms with E-state index < -0.39 is 0 Å². The van der Waals surface area contributed by atoms with E-state index in [1.54, 1.807) is 12.1 Å². The zero-order chi connectivity index (χ0) is 20.3. The number of nitrogens with zero attached hydrogens (tertiary/aromatic N) is 5. The third kappa shape index (κ3) is 3.95. The molecular weight excluding hydrogens is 378 g/mol. The Morgan fingerprint density at radius 3 is 2.77 bits per heavy atom. The van der Waals surface area contributed by atoms with Crippen LogP contribution in [0.3, 0.4) is 0 Å².